The fourth-order valence-corrected chi connectivity index (χ4v) is 5.28. The van der Waals surface area contributed by atoms with E-state index in [0.29, 0.717) is 11.8 Å². The molecule has 0 bridgehead atoms. The lowest BCUT2D eigenvalue weighted by Crippen LogP contribution is -2.10. The first-order valence-corrected chi connectivity index (χ1v) is 9.65. The third-order valence-corrected chi connectivity index (χ3v) is 6.61. The first-order chi connectivity index (χ1) is 10.2. The van der Waals surface area contributed by atoms with Gasteiger partial charge in [-0.1, -0.05) is 36.4 Å². The molecule has 0 unspecified atom stereocenters. The summed E-state index contributed by atoms with van der Waals surface area (Å²) in [6.45, 7) is 5.13. The fourth-order valence-electron chi connectivity index (χ4n) is 3.39. The van der Waals surface area contributed by atoms with Gasteiger partial charge in [-0.25, -0.2) is 0 Å². The van der Waals surface area contributed by atoms with Gasteiger partial charge in [0, 0.05) is 28.7 Å². The maximum Gasteiger partial charge on any atom is 0.174 e. The number of carbonyl (C=O) groups is 1. The van der Waals surface area contributed by atoms with E-state index in [4.69, 9.17) is 0 Å². The number of thioether (sulfide) groups is 2. The topological polar surface area (TPSA) is 34.4 Å². The molecule has 0 amide bonds. The van der Waals surface area contributed by atoms with Crippen LogP contribution in [0.3, 0.4) is 0 Å². The minimum atomic E-state index is 0.243. The molecule has 2 aliphatic rings. The van der Waals surface area contributed by atoms with Crippen LogP contribution in [0, 0.1) is 13.8 Å². The second kappa shape index (κ2) is 6.61. The Morgan fingerprint density at radius 3 is 2.86 bits per heavy atom. The average molecular weight is 322 g/mol. The van der Waals surface area contributed by atoms with Crippen molar-refractivity contribution in [1.29, 1.82) is 0 Å². The van der Waals surface area contributed by atoms with Crippen LogP contribution in [0.15, 0.2) is 11.1 Å². The van der Waals surface area contributed by atoms with Crippen molar-refractivity contribution in [2.75, 3.05) is 18.1 Å². The molecule has 0 atom stereocenters. The monoisotopic (exact) mass is 322 g/mol. The summed E-state index contributed by atoms with van der Waals surface area (Å²) >= 11 is 3.37. The Hall–Kier alpha value is -0.680. The van der Waals surface area contributed by atoms with Crippen molar-refractivity contribution in [2.24, 2.45) is 4.99 Å². The van der Waals surface area contributed by atoms with Gasteiger partial charge >= 0.3 is 0 Å². The molecule has 1 fully saturated rings. The first kappa shape index (κ1) is 15.2. The van der Waals surface area contributed by atoms with E-state index >= 15 is 0 Å². The molecule has 0 N–H and O–H groups in total. The van der Waals surface area contributed by atoms with Crippen LogP contribution in [-0.4, -0.2) is 32.8 Å². The highest BCUT2D eigenvalue weighted by atomic mass is 32.2. The number of ketones is 1. The molecule has 1 aliphatic heterocycles. The van der Waals surface area contributed by atoms with Crippen LogP contribution in [0.1, 0.15) is 53.5 Å². The molecular weight excluding hydrogens is 300 g/mol. The molecule has 1 aromatic rings. The van der Waals surface area contributed by atoms with E-state index in [1.807, 2.05) is 0 Å². The zero-order valence-corrected chi connectivity index (χ0v) is 14.4. The van der Waals surface area contributed by atoms with Gasteiger partial charge in [0.15, 0.2) is 5.78 Å². The van der Waals surface area contributed by atoms with E-state index in [1.165, 1.54) is 31.4 Å². The molecule has 1 aliphatic carbocycles. The first-order valence-electron chi connectivity index (χ1n) is 7.68. The number of rotatable bonds is 4. The van der Waals surface area contributed by atoms with E-state index in [0.717, 1.165) is 27.9 Å². The number of aliphatic imine (C=N–C) groups is 1. The molecule has 0 saturated heterocycles. The van der Waals surface area contributed by atoms with Crippen LogP contribution < -0.4 is 0 Å². The summed E-state index contributed by atoms with van der Waals surface area (Å²) in [5, 5.41) is 0. The standard InChI is InChI=1S/C16H22N2OS2/c1-11-9-14(12(2)18(11)13-5-3-4-6-13)15(19)10-21-16-17-7-8-20-16/h9,13H,3-8,10H2,1-2H3. The van der Waals surface area contributed by atoms with Gasteiger partial charge in [-0.05, 0) is 32.8 Å². The Labute approximate surface area is 135 Å². The Morgan fingerprint density at radius 1 is 1.43 bits per heavy atom. The SMILES string of the molecule is Cc1cc(C(=O)CSC2=NCCS2)c(C)n1C1CCCC1. The third kappa shape index (κ3) is 3.24. The molecule has 21 heavy (non-hydrogen) atoms. The number of carbonyl (C=O) groups excluding carboxylic acids is 1. The molecule has 1 aromatic heterocycles. The van der Waals surface area contributed by atoms with Gasteiger partial charge in [0.05, 0.1) is 12.3 Å². The van der Waals surface area contributed by atoms with Crippen LogP contribution >= 0.6 is 23.5 Å². The van der Waals surface area contributed by atoms with Gasteiger partial charge in [0.1, 0.15) is 4.38 Å². The number of Topliss-reactive ketones (excluding diaryl/α,β-unsaturated/α-hetero) is 1. The Morgan fingerprint density at radius 2 is 2.19 bits per heavy atom. The molecule has 3 nitrogen and oxygen atoms in total. The Kier molecular flexibility index (Phi) is 4.79. The van der Waals surface area contributed by atoms with Crippen molar-refractivity contribution in [3.63, 3.8) is 0 Å². The van der Waals surface area contributed by atoms with Crippen molar-refractivity contribution >= 4 is 33.7 Å². The van der Waals surface area contributed by atoms with Crippen molar-refractivity contribution in [3.8, 4) is 0 Å². The van der Waals surface area contributed by atoms with Crippen molar-refractivity contribution in [3.05, 3.63) is 23.0 Å². The Bertz CT molecular complexity index is 571. The minimum absolute atomic E-state index is 0.243. The average Bonchev–Trinajstić information content (AvgIpc) is 3.18. The maximum absolute atomic E-state index is 12.5. The largest absolute Gasteiger partial charge is 0.345 e. The molecule has 3 rings (SSSR count). The predicted molar refractivity (Wildman–Crippen MR) is 93.0 cm³/mol. The number of aryl methyl sites for hydroxylation is 1. The summed E-state index contributed by atoms with van der Waals surface area (Å²) in [6.07, 6.45) is 5.15. The molecule has 0 radical (unpaired) electrons. The van der Waals surface area contributed by atoms with Gasteiger partial charge in [0.25, 0.3) is 0 Å². The van der Waals surface area contributed by atoms with Crippen LogP contribution in [-0.2, 0) is 0 Å². The summed E-state index contributed by atoms with van der Waals surface area (Å²) < 4.78 is 3.47. The smallest absolute Gasteiger partial charge is 0.174 e. The van der Waals surface area contributed by atoms with Gasteiger partial charge in [-0.15, -0.1) is 0 Å². The van der Waals surface area contributed by atoms with Crippen LogP contribution in [0.2, 0.25) is 0 Å². The number of hydrogen-bond acceptors (Lipinski definition) is 4. The maximum atomic E-state index is 12.5. The number of aromatic nitrogens is 1. The Balaban J connectivity index is 1.72. The van der Waals surface area contributed by atoms with E-state index in [1.54, 1.807) is 23.5 Å². The van der Waals surface area contributed by atoms with Gasteiger partial charge in [0.2, 0.25) is 0 Å². The zero-order chi connectivity index (χ0) is 14.8. The van der Waals surface area contributed by atoms with E-state index < -0.39 is 0 Å². The normalized spacial score (nSPS) is 19.2. The zero-order valence-electron chi connectivity index (χ0n) is 12.7. The molecule has 0 aromatic carbocycles. The quantitative estimate of drug-likeness (QED) is 0.778. The lowest BCUT2D eigenvalue weighted by molar-refractivity contribution is 0.102. The van der Waals surface area contributed by atoms with E-state index in [2.05, 4.69) is 29.5 Å². The third-order valence-electron chi connectivity index (χ3n) is 4.36. The molecule has 1 saturated carbocycles. The fraction of sp³-hybridized carbons (Fsp3) is 0.625. The summed E-state index contributed by atoms with van der Waals surface area (Å²) in [5.41, 5.74) is 3.31. The summed E-state index contributed by atoms with van der Waals surface area (Å²) in [7, 11) is 0. The molecule has 0 spiro atoms. The highest BCUT2D eigenvalue weighted by Crippen LogP contribution is 2.33. The molecular formula is C16H22N2OS2. The van der Waals surface area contributed by atoms with Gasteiger partial charge < -0.3 is 4.57 Å². The highest BCUT2D eigenvalue weighted by Gasteiger charge is 2.23. The molecule has 114 valence electrons. The van der Waals surface area contributed by atoms with Gasteiger partial charge in [-0.2, -0.15) is 0 Å². The van der Waals surface area contributed by atoms with E-state index in [9.17, 15) is 4.79 Å². The number of hydrogen-bond donors (Lipinski definition) is 0. The molecule has 5 heteroatoms. The predicted octanol–water partition coefficient (Wildman–Crippen LogP) is 4.24. The summed E-state index contributed by atoms with van der Waals surface area (Å²) in [4.78, 5) is 16.9. The van der Waals surface area contributed by atoms with Crippen LogP contribution in [0.4, 0.5) is 0 Å². The lowest BCUT2D eigenvalue weighted by Gasteiger charge is -2.17. The summed E-state index contributed by atoms with van der Waals surface area (Å²) in [6, 6.07) is 2.69. The van der Waals surface area contributed by atoms with Crippen molar-refractivity contribution in [1.82, 2.24) is 4.57 Å². The van der Waals surface area contributed by atoms with Crippen molar-refractivity contribution < 1.29 is 4.79 Å². The van der Waals surface area contributed by atoms with Crippen molar-refractivity contribution in [2.45, 2.75) is 45.6 Å². The summed E-state index contributed by atoms with van der Waals surface area (Å²) in [5.74, 6) is 1.82. The number of nitrogens with zero attached hydrogens (tertiary/aromatic N) is 2. The van der Waals surface area contributed by atoms with Crippen LogP contribution in [0.5, 0.6) is 0 Å². The minimum Gasteiger partial charge on any atom is -0.345 e. The van der Waals surface area contributed by atoms with Crippen LogP contribution in [0.25, 0.3) is 0 Å². The lowest BCUT2D eigenvalue weighted by atomic mass is 10.2. The highest BCUT2D eigenvalue weighted by molar-refractivity contribution is 8.39. The second-order valence-corrected chi connectivity index (χ2v) is 8.11. The van der Waals surface area contributed by atoms with Gasteiger partial charge in [-0.3, -0.25) is 9.79 Å². The van der Waals surface area contributed by atoms with E-state index in [-0.39, 0.29) is 5.78 Å². The second-order valence-electron chi connectivity index (χ2n) is 5.80. The molecule has 2 heterocycles.